The minimum atomic E-state index is -0.553. The van der Waals surface area contributed by atoms with Crippen LogP contribution >= 0.6 is 0 Å². The Kier molecular flexibility index (Phi) is 5.22. The Morgan fingerprint density at radius 3 is 2.36 bits per heavy atom. The number of nitrogens with two attached hydrogens (primary N) is 1. The van der Waals surface area contributed by atoms with Crippen molar-refractivity contribution in [2.24, 2.45) is 5.73 Å². The largest absolute Gasteiger partial charge is 0.368 e. The predicted octanol–water partition coefficient (Wildman–Crippen LogP) is 1.57. The molecule has 3 amide bonds. The summed E-state index contributed by atoms with van der Waals surface area (Å²) in [5.41, 5.74) is 6.32. The minimum absolute atomic E-state index is 0.117. The van der Waals surface area contributed by atoms with Crippen molar-refractivity contribution >= 4 is 11.9 Å². The van der Waals surface area contributed by atoms with Gasteiger partial charge in [0.2, 0.25) is 5.91 Å². The zero-order valence-corrected chi connectivity index (χ0v) is 14.5. The molecule has 2 fully saturated rings. The molecule has 0 unspecified atom stereocenters. The number of halogens is 1. The molecule has 0 aromatic heterocycles. The van der Waals surface area contributed by atoms with Gasteiger partial charge in [-0.3, -0.25) is 9.69 Å². The van der Waals surface area contributed by atoms with Crippen LogP contribution < -0.4 is 5.73 Å². The maximum absolute atomic E-state index is 13.1. The Balaban J connectivity index is 1.65. The van der Waals surface area contributed by atoms with Crippen molar-refractivity contribution in [1.82, 2.24) is 14.7 Å². The van der Waals surface area contributed by atoms with Gasteiger partial charge in [-0.1, -0.05) is 12.1 Å². The lowest BCUT2D eigenvalue weighted by Crippen LogP contribution is -2.49. The molecule has 7 heteroatoms. The number of urea groups is 1. The molecule has 1 atom stereocenters. The lowest BCUT2D eigenvalue weighted by molar-refractivity contribution is -0.124. The first-order valence-corrected chi connectivity index (χ1v) is 8.85. The molecule has 0 saturated carbocycles. The summed E-state index contributed by atoms with van der Waals surface area (Å²) in [6.45, 7) is 5.66. The predicted molar refractivity (Wildman–Crippen MR) is 92.3 cm³/mol. The van der Waals surface area contributed by atoms with Gasteiger partial charge >= 0.3 is 6.03 Å². The van der Waals surface area contributed by atoms with Crippen LogP contribution in [0.4, 0.5) is 9.18 Å². The average molecular weight is 348 g/mol. The molecule has 1 aromatic carbocycles. The standard InChI is InChI=1S/C18H25FN4O2/c1-2-21-11-12-23(18(21)25)15-7-9-22(10-8-15)16(17(20)24)13-3-5-14(19)6-4-13/h3-6,15-16H,2,7-12H2,1H3,(H2,20,24)/t16-/m0/s1. The molecule has 136 valence electrons. The summed E-state index contributed by atoms with van der Waals surface area (Å²) in [7, 11) is 0. The number of benzene rings is 1. The summed E-state index contributed by atoms with van der Waals surface area (Å²) in [5.74, 6) is -0.766. The molecule has 2 saturated heterocycles. The third kappa shape index (κ3) is 3.61. The number of piperidine rings is 1. The summed E-state index contributed by atoms with van der Waals surface area (Å²) in [6.07, 6.45) is 1.63. The Labute approximate surface area is 147 Å². The van der Waals surface area contributed by atoms with Gasteiger partial charge in [0.05, 0.1) is 0 Å². The lowest BCUT2D eigenvalue weighted by Gasteiger charge is -2.39. The van der Waals surface area contributed by atoms with Gasteiger partial charge in [0, 0.05) is 38.8 Å². The molecule has 25 heavy (non-hydrogen) atoms. The van der Waals surface area contributed by atoms with E-state index >= 15 is 0 Å². The van der Waals surface area contributed by atoms with Crippen LogP contribution in [0.3, 0.4) is 0 Å². The van der Waals surface area contributed by atoms with Crippen LogP contribution in [0.15, 0.2) is 24.3 Å². The normalized spacial score (nSPS) is 21.0. The maximum atomic E-state index is 13.1. The van der Waals surface area contributed by atoms with Gasteiger partial charge < -0.3 is 15.5 Å². The van der Waals surface area contributed by atoms with Crippen LogP contribution in [0.1, 0.15) is 31.4 Å². The van der Waals surface area contributed by atoms with Gasteiger partial charge in [0.25, 0.3) is 0 Å². The van der Waals surface area contributed by atoms with Gasteiger partial charge in [0.1, 0.15) is 11.9 Å². The number of likely N-dealkylation sites (tertiary alicyclic amines) is 1. The fourth-order valence-electron chi connectivity index (χ4n) is 3.89. The number of primary amides is 1. The Morgan fingerprint density at radius 2 is 1.84 bits per heavy atom. The summed E-state index contributed by atoms with van der Waals surface area (Å²) in [5, 5.41) is 0. The summed E-state index contributed by atoms with van der Waals surface area (Å²) < 4.78 is 13.1. The van der Waals surface area contributed by atoms with E-state index in [1.165, 1.54) is 12.1 Å². The highest BCUT2D eigenvalue weighted by Crippen LogP contribution is 2.28. The number of hydrogen-bond acceptors (Lipinski definition) is 3. The molecule has 6 nitrogen and oxygen atoms in total. The number of likely N-dealkylation sites (N-methyl/N-ethyl adjacent to an activating group) is 1. The molecule has 3 rings (SSSR count). The van der Waals surface area contributed by atoms with Crippen molar-refractivity contribution in [2.45, 2.75) is 31.8 Å². The molecule has 2 aliphatic heterocycles. The van der Waals surface area contributed by atoms with Crippen LogP contribution in [0, 0.1) is 5.82 Å². The number of hydrogen-bond donors (Lipinski definition) is 1. The van der Waals surface area contributed by atoms with Crippen LogP contribution in [-0.4, -0.2) is 65.4 Å². The van der Waals surface area contributed by atoms with Crippen LogP contribution in [0.2, 0.25) is 0 Å². The van der Waals surface area contributed by atoms with E-state index < -0.39 is 11.9 Å². The second-order valence-corrected chi connectivity index (χ2v) is 6.68. The SMILES string of the molecule is CCN1CCN(C2CCN([C@H](C(N)=O)c3ccc(F)cc3)CC2)C1=O. The van der Waals surface area contributed by atoms with E-state index in [4.69, 9.17) is 5.73 Å². The second kappa shape index (κ2) is 7.39. The smallest absolute Gasteiger partial charge is 0.320 e. The van der Waals surface area contributed by atoms with Crippen molar-refractivity contribution < 1.29 is 14.0 Å². The van der Waals surface area contributed by atoms with E-state index in [1.807, 2.05) is 21.6 Å². The van der Waals surface area contributed by atoms with Gasteiger partial charge in [-0.15, -0.1) is 0 Å². The van der Waals surface area contributed by atoms with Crippen molar-refractivity contribution in [3.8, 4) is 0 Å². The molecule has 0 bridgehead atoms. The zero-order valence-electron chi connectivity index (χ0n) is 14.5. The van der Waals surface area contributed by atoms with E-state index in [1.54, 1.807) is 12.1 Å². The van der Waals surface area contributed by atoms with Gasteiger partial charge in [-0.05, 0) is 37.5 Å². The van der Waals surface area contributed by atoms with Gasteiger partial charge in [0.15, 0.2) is 0 Å². The second-order valence-electron chi connectivity index (χ2n) is 6.68. The van der Waals surface area contributed by atoms with E-state index in [2.05, 4.69) is 0 Å². The van der Waals surface area contributed by atoms with Crippen LogP contribution in [0.5, 0.6) is 0 Å². The van der Waals surface area contributed by atoms with E-state index in [-0.39, 0.29) is 17.9 Å². The van der Waals surface area contributed by atoms with Crippen molar-refractivity contribution in [3.05, 3.63) is 35.6 Å². The first-order valence-electron chi connectivity index (χ1n) is 8.85. The highest BCUT2D eigenvalue weighted by atomic mass is 19.1. The number of rotatable bonds is 5. The zero-order chi connectivity index (χ0) is 18.0. The molecule has 2 aliphatic rings. The Bertz CT molecular complexity index is 628. The lowest BCUT2D eigenvalue weighted by atomic mass is 9.98. The first-order chi connectivity index (χ1) is 12.0. The monoisotopic (exact) mass is 348 g/mol. The van der Waals surface area contributed by atoms with Crippen LogP contribution in [0.25, 0.3) is 0 Å². The fraction of sp³-hybridized carbons (Fsp3) is 0.556. The molecule has 0 spiro atoms. The number of carbonyl (C=O) groups is 2. The fourth-order valence-corrected chi connectivity index (χ4v) is 3.89. The molecule has 2 heterocycles. The quantitative estimate of drug-likeness (QED) is 0.878. The van der Waals surface area contributed by atoms with Gasteiger partial charge in [-0.25, -0.2) is 9.18 Å². The Morgan fingerprint density at radius 1 is 1.20 bits per heavy atom. The molecule has 1 aromatic rings. The molecular weight excluding hydrogens is 323 g/mol. The highest BCUT2D eigenvalue weighted by molar-refractivity contribution is 5.81. The highest BCUT2D eigenvalue weighted by Gasteiger charge is 2.36. The third-order valence-electron chi connectivity index (χ3n) is 5.27. The van der Waals surface area contributed by atoms with Crippen molar-refractivity contribution in [1.29, 1.82) is 0 Å². The van der Waals surface area contributed by atoms with E-state index in [9.17, 15) is 14.0 Å². The van der Waals surface area contributed by atoms with E-state index in [0.717, 1.165) is 32.5 Å². The number of nitrogens with zero attached hydrogens (tertiary/aromatic N) is 3. The minimum Gasteiger partial charge on any atom is -0.368 e. The molecular formula is C18H25FN4O2. The van der Waals surface area contributed by atoms with Crippen molar-refractivity contribution in [2.75, 3.05) is 32.7 Å². The summed E-state index contributed by atoms with van der Waals surface area (Å²) >= 11 is 0. The third-order valence-corrected chi connectivity index (χ3v) is 5.27. The molecule has 0 radical (unpaired) electrons. The maximum Gasteiger partial charge on any atom is 0.320 e. The van der Waals surface area contributed by atoms with Crippen molar-refractivity contribution in [3.63, 3.8) is 0 Å². The summed E-state index contributed by atoms with van der Waals surface area (Å²) in [6, 6.07) is 5.69. The van der Waals surface area contributed by atoms with Gasteiger partial charge in [-0.2, -0.15) is 0 Å². The topological polar surface area (TPSA) is 69.9 Å². The number of amides is 3. The van der Waals surface area contributed by atoms with Crippen LogP contribution in [-0.2, 0) is 4.79 Å². The first kappa shape index (κ1) is 17.7. The number of carbonyl (C=O) groups excluding carboxylic acids is 2. The average Bonchev–Trinajstić information content (AvgIpc) is 2.98. The Hall–Kier alpha value is -2.15. The van der Waals surface area contributed by atoms with E-state index in [0.29, 0.717) is 18.7 Å². The molecule has 2 N–H and O–H groups in total. The molecule has 0 aliphatic carbocycles. The summed E-state index contributed by atoms with van der Waals surface area (Å²) in [4.78, 5) is 30.2.